The molecule has 0 spiro atoms. The van der Waals surface area contributed by atoms with Crippen molar-refractivity contribution < 1.29 is 5.11 Å². The number of hydrogen-bond acceptors (Lipinski definition) is 2. The number of likely N-dealkylation sites (N-methyl/N-ethyl adjacent to an activating group) is 1. The van der Waals surface area contributed by atoms with Crippen LogP contribution in [0.1, 0.15) is 47.0 Å². The summed E-state index contributed by atoms with van der Waals surface area (Å²) in [5.74, 6) is 0.745. The number of rotatable bonds is 7. The number of nitrogens with one attached hydrogen (secondary N) is 1. The Morgan fingerprint density at radius 2 is 2.00 bits per heavy atom. The lowest BCUT2D eigenvalue weighted by atomic mass is 9.96. The smallest absolute Gasteiger partial charge is 0.0743 e. The molecule has 0 saturated heterocycles. The van der Waals surface area contributed by atoms with Gasteiger partial charge in [0.05, 0.1) is 5.60 Å². The molecule has 1 unspecified atom stereocenters. The molecule has 0 bridgehead atoms. The average Bonchev–Trinajstić information content (AvgIpc) is 2.00. The summed E-state index contributed by atoms with van der Waals surface area (Å²) < 4.78 is 0. The molecule has 0 amide bonds. The second-order valence-electron chi connectivity index (χ2n) is 4.56. The second kappa shape index (κ2) is 6.39. The maximum atomic E-state index is 9.90. The molecule has 13 heavy (non-hydrogen) atoms. The lowest BCUT2D eigenvalue weighted by Gasteiger charge is -2.23. The Hall–Kier alpha value is -0.0800. The van der Waals surface area contributed by atoms with Crippen molar-refractivity contribution >= 4 is 0 Å². The lowest BCUT2D eigenvalue weighted by Crippen LogP contribution is -2.37. The minimum absolute atomic E-state index is 0.523. The third-order valence-electron chi connectivity index (χ3n) is 2.25. The molecule has 0 fully saturated rings. The first kappa shape index (κ1) is 12.9. The van der Waals surface area contributed by atoms with Crippen molar-refractivity contribution in [2.45, 2.75) is 52.6 Å². The summed E-state index contributed by atoms with van der Waals surface area (Å²) in [6, 6.07) is 0. The van der Waals surface area contributed by atoms with E-state index >= 15 is 0 Å². The molecule has 0 aliphatic rings. The van der Waals surface area contributed by atoms with E-state index < -0.39 is 5.60 Å². The van der Waals surface area contributed by atoms with Crippen molar-refractivity contribution in [3.05, 3.63) is 0 Å². The number of hydrogen-bond donors (Lipinski definition) is 2. The minimum atomic E-state index is -0.523. The highest BCUT2D eigenvalue weighted by molar-refractivity contribution is 4.74. The van der Waals surface area contributed by atoms with Gasteiger partial charge in [-0.2, -0.15) is 0 Å². The predicted molar refractivity (Wildman–Crippen MR) is 57.9 cm³/mol. The van der Waals surface area contributed by atoms with Gasteiger partial charge in [0.1, 0.15) is 0 Å². The fourth-order valence-corrected chi connectivity index (χ4v) is 1.37. The molecular weight excluding hydrogens is 162 g/mol. The van der Waals surface area contributed by atoms with E-state index in [0.29, 0.717) is 6.54 Å². The summed E-state index contributed by atoms with van der Waals surface area (Å²) in [7, 11) is 0. The molecule has 0 saturated carbocycles. The van der Waals surface area contributed by atoms with E-state index in [1.54, 1.807) is 0 Å². The highest BCUT2D eigenvalue weighted by Crippen LogP contribution is 2.15. The average molecular weight is 187 g/mol. The fourth-order valence-electron chi connectivity index (χ4n) is 1.37. The zero-order valence-corrected chi connectivity index (χ0v) is 9.56. The zero-order chi connectivity index (χ0) is 10.3. The van der Waals surface area contributed by atoms with Crippen molar-refractivity contribution in [3.63, 3.8) is 0 Å². The fraction of sp³-hybridized carbons (Fsp3) is 1.00. The van der Waals surface area contributed by atoms with Gasteiger partial charge in [0.15, 0.2) is 0 Å². The molecule has 2 N–H and O–H groups in total. The predicted octanol–water partition coefficient (Wildman–Crippen LogP) is 2.17. The van der Waals surface area contributed by atoms with Crippen LogP contribution in [-0.2, 0) is 0 Å². The van der Waals surface area contributed by atoms with E-state index in [1.807, 2.05) is 6.92 Å². The van der Waals surface area contributed by atoms with Gasteiger partial charge < -0.3 is 10.4 Å². The molecular formula is C11H25NO. The Bertz CT molecular complexity index is 121. The van der Waals surface area contributed by atoms with Crippen LogP contribution in [0.4, 0.5) is 0 Å². The largest absolute Gasteiger partial charge is 0.389 e. The van der Waals surface area contributed by atoms with Crippen molar-refractivity contribution in [1.82, 2.24) is 5.32 Å². The van der Waals surface area contributed by atoms with Crippen LogP contribution in [0.5, 0.6) is 0 Å². The molecule has 0 aliphatic heterocycles. The van der Waals surface area contributed by atoms with E-state index in [0.717, 1.165) is 25.3 Å². The van der Waals surface area contributed by atoms with Crippen molar-refractivity contribution in [2.75, 3.05) is 13.1 Å². The molecule has 2 heteroatoms. The monoisotopic (exact) mass is 187 g/mol. The van der Waals surface area contributed by atoms with Crippen molar-refractivity contribution in [2.24, 2.45) is 5.92 Å². The lowest BCUT2D eigenvalue weighted by molar-refractivity contribution is 0.0479. The van der Waals surface area contributed by atoms with Gasteiger partial charge in [-0.05, 0) is 25.8 Å². The van der Waals surface area contributed by atoms with Crippen LogP contribution in [0.15, 0.2) is 0 Å². The minimum Gasteiger partial charge on any atom is -0.389 e. The summed E-state index contributed by atoms with van der Waals surface area (Å²) in [6.07, 6.45) is 3.23. The Labute approximate surface area is 82.7 Å². The van der Waals surface area contributed by atoms with Gasteiger partial charge in [-0.1, -0.05) is 33.6 Å². The number of aliphatic hydroxyl groups is 1. The Balaban J connectivity index is 3.50. The van der Waals surface area contributed by atoms with Gasteiger partial charge in [0.25, 0.3) is 0 Å². The van der Waals surface area contributed by atoms with E-state index in [1.165, 1.54) is 6.42 Å². The topological polar surface area (TPSA) is 32.3 Å². The van der Waals surface area contributed by atoms with Crippen LogP contribution in [0.3, 0.4) is 0 Å². The standard InChI is InChI=1S/C11H25NO/c1-5-12-9-11(4,13)8-6-7-10(2)3/h10,12-13H,5-9H2,1-4H3. The molecule has 2 nitrogen and oxygen atoms in total. The molecule has 0 aromatic carbocycles. The molecule has 0 aromatic rings. The molecule has 0 rings (SSSR count). The van der Waals surface area contributed by atoms with Crippen molar-refractivity contribution in [1.29, 1.82) is 0 Å². The summed E-state index contributed by atoms with van der Waals surface area (Å²) in [6.45, 7) is 10.1. The molecule has 0 radical (unpaired) electrons. The summed E-state index contributed by atoms with van der Waals surface area (Å²) >= 11 is 0. The first-order valence-corrected chi connectivity index (χ1v) is 5.41. The van der Waals surface area contributed by atoms with Gasteiger partial charge in [0.2, 0.25) is 0 Å². The third kappa shape index (κ3) is 8.26. The van der Waals surface area contributed by atoms with E-state index in [9.17, 15) is 5.11 Å². The summed E-state index contributed by atoms with van der Waals surface area (Å²) in [5.41, 5.74) is -0.523. The van der Waals surface area contributed by atoms with Crippen LogP contribution >= 0.6 is 0 Å². The molecule has 0 aliphatic carbocycles. The van der Waals surface area contributed by atoms with Crippen LogP contribution in [-0.4, -0.2) is 23.8 Å². The van der Waals surface area contributed by atoms with E-state index in [4.69, 9.17) is 0 Å². The third-order valence-corrected chi connectivity index (χ3v) is 2.25. The summed E-state index contributed by atoms with van der Waals surface area (Å²) in [4.78, 5) is 0. The maximum Gasteiger partial charge on any atom is 0.0743 e. The zero-order valence-electron chi connectivity index (χ0n) is 9.56. The van der Waals surface area contributed by atoms with E-state index in [2.05, 4.69) is 26.1 Å². The SMILES string of the molecule is CCNCC(C)(O)CCCC(C)C. The molecule has 0 aromatic heterocycles. The van der Waals surface area contributed by atoms with Crippen LogP contribution < -0.4 is 5.32 Å². The Morgan fingerprint density at radius 3 is 2.46 bits per heavy atom. The van der Waals surface area contributed by atoms with Gasteiger partial charge in [-0.15, -0.1) is 0 Å². The highest BCUT2D eigenvalue weighted by Gasteiger charge is 2.18. The van der Waals surface area contributed by atoms with Crippen LogP contribution in [0.25, 0.3) is 0 Å². The van der Waals surface area contributed by atoms with Crippen LogP contribution in [0.2, 0.25) is 0 Å². The van der Waals surface area contributed by atoms with Gasteiger partial charge in [-0.25, -0.2) is 0 Å². The van der Waals surface area contributed by atoms with Crippen molar-refractivity contribution in [3.8, 4) is 0 Å². The first-order valence-electron chi connectivity index (χ1n) is 5.41. The molecule has 1 atom stereocenters. The molecule has 0 heterocycles. The maximum absolute atomic E-state index is 9.90. The molecule has 80 valence electrons. The highest BCUT2D eigenvalue weighted by atomic mass is 16.3. The van der Waals surface area contributed by atoms with Gasteiger partial charge in [0, 0.05) is 6.54 Å². The Kier molecular flexibility index (Phi) is 6.35. The first-order chi connectivity index (χ1) is 5.98. The quantitative estimate of drug-likeness (QED) is 0.640. The second-order valence-corrected chi connectivity index (χ2v) is 4.56. The van der Waals surface area contributed by atoms with Gasteiger partial charge in [-0.3, -0.25) is 0 Å². The van der Waals surface area contributed by atoms with Gasteiger partial charge >= 0.3 is 0 Å². The van der Waals surface area contributed by atoms with Crippen LogP contribution in [0, 0.1) is 5.92 Å². The summed E-state index contributed by atoms with van der Waals surface area (Å²) in [5, 5.41) is 13.1. The van der Waals surface area contributed by atoms with E-state index in [-0.39, 0.29) is 0 Å². The Morgan fingerprint density at radius 1 is 1.38 bits per heavy atom. The normalized spacial score (nSPS) is 16.2.